The highest BCUT2D eigenvalue weighted by atomic mass is 16.2. The number of nitrogens with one attached hydrogen (secondary N) is 1. The van der Waals surface area contributed by atoms with E-state index in [0.29, 0.717) is 6.42 Å². The van der Waals surface area contributed by atoms with Gasteiger partial charge in [0.15, 0.2) is 0 Å². The Morgan fingerprint density at radius 3 is 2.82 bits per heavy atom. The first-order valence-corrected chi connectivity index (χ1v) is 6.34. The number of aryl methyl sites for hydroxylation is 1. The number of carbonyl (C=O) groups is 1. The summed E-state index contributed by atoms with van der Waals surface area (Å²) in [6.07, 6.45) is 2.92. The largest absolute Gasteiger partial charge is 0.385 e. The molecule has 3 heteroatoms. The van der Waals surface area contributed by atoms with Gasteiger partial charge in [0.1, 0.15) is 0 Å². The Hall–Kier alpha value is -1.51. The average molecular weight is 232 g/mol. The summed E-state index contributed by atoms with van der Waals surface area (Å²) in [5.74, 6) is 0.280. The van der Waals surface area contributed by atoms with Crippen molar-refractivity contribution in [2.24, 2.45) is 0 Å². The second kappa shape index (κ2) is 5.71. The molecule has 0 unspecified atom stereocenters. The third-order valence-corrected chi connectivity index (χ3v) is 3.14. The van der Waals surface area contributed by atoms with Gasteiger partial charge in [-0.05, 0) is 37.5 Å². The summed E-state index contributed by atoms with van der Waals surface area (Å²) < 4.78 is 0. The third kappa shape index (κ3) is 3.48. The average Bonchev–Trinajstić information content (AvgIpc) is 2.82. The molecule has 1 aromatic carbocycles. The predicted molar refractivity (Wildman–Crippen MR) is 70.1 cm³/mol. The third-order valence-electron chi connectivity index (χ3n) is 3.14. The number of anilines is 1. The standard InChI is InChI=1S/C14H20N2O/c1-12-5-4-6-13(11-12)15-8-7-14(17)16-9-2-3-10-16/h4-6,11,15H,2-3,7-10H2,1H3. The SMILES string of the molecule is Cc1cccc(NCCC(=O)N2CCCC2)c1. The fourth-order valence-corrected chi connectivity index (χ4v) is 2.19. The molecule has 0 bridgehead atoms. The normalized spacial score (nSPS) is 15.0. The van der Waals surface area contributed by atoms with Crippen molar-refractivity contribution in [2.45, 2.75) is 26.2 Å². The first kappa shape index (κ1) is 12.0. The fraction of sp³-hybridized carbons (Fsp3) is 0.500. The quantitative estimate of drug-likeness (QED) is 0.864. The summed E-state index contributed by atoms with van der Waals surface area (Å²) in [5.41, 5.74) is 2.33. The van der Waals surface area contributed by atoms with Crippen LogP contribution in [0.15, 0.2) is 24.3 Å². The van der Waals surface area contributed by atoms with Gasteiger partial charge in [0.25, 0.3) is 0 Å². The van der Waals surface area contributed by atoms with Gasteiger partial charge in [-0.1, -0.05) is 12.1 Å². The zero-order valence-corrected chi connectivity index (χ0v) is 10.4. The van der Waals surface area contributed by atoms with Crippen LogP contribution in [0.1, 0.15) is 24.8 Å². The van der Waals surface area contributed by atoms with Crippen molar-refractivity contribution in [3.05, 3.63) is 29.8 Å². The van der Waals surface area contributed by atoms with E-state index in [1.54, 1.807) is 0 Å². The van der Waals surface area contributed by atoms with E-state index < -0.39 is 0 Å². The first-order valence-electron chi connectivity index (χ1n) is 6.34. The molecule has 92 valence electrons. The lowest BCUT2D eigenvalue weighted by Crippen LogP contribution is -2.29. The number of rotatable bonds is 4. The molecule has 0 saturated carbocycles. The van der Waals surface area contributed by atoms with Gasteiger partial charge in [0.05, 0.1) is 0 Å². The van der Waals surface area contributed by atoms with Crippen molar-refractivity contribution in [2.75, 3.05) is 25.0 Å². The van der Waals surface area contributed by atoms with Gasteiger partial charge in [-0.2, -0.15) is 0 Å². The van der Waals surface area contributed by atoms with Crippen molar-refractivity contribution in [1.29, 1.82) is 0 Å². The lowest BCUT2D eigenvalue weighted by Gasteiger charge is -2.15. The van der Waals surface area contributed by atoms with E-state index in [2.05, 4.69) is 24.4 Å². The zero-order valence-electron chi connectivity index (χ0n) is 10.4. The Morgan fingerprint density at radius 1 is 1.35 bits per heavy atom. The van der Waals surface area contributed by atoms with Crippen LogP contribution in [0.3, 0.4) is 0 Å². The second-order valence-corrected chi connectivity index (χ2v) is 4.63. The van der Waals surface area contributed by atoms with Gasteiger partial charge < -0.3 is 10.2 Å². The summed E-state index contributed by atoms with van der Waals surface area (Å²) in [6.45, 7) is 4.69. The number of hydrogen-bond acceptors (Lipinski definition) is 2. The Labute approximate surface area is 103 Å². The summed E-state index contributed by atoms with van der Waals surface area (Å²) in [6, 6.07) is 8.23. The van der Waals surface area contributed by atoms with Gasteiger partial charge in [-0.15, -0.1) is 0 Å². The van der Waals surface area contributed by atoms with Crippen LogP contribution in [0.2, 0.25) is 0 Å². The van der Waals surface area contributed by atoms with Gasteiger partial charge >= 0.3 is 0 Å². The number of hydrogen-bond donors (Lipinski definition) is 1. The van der Waals surface area contributed by atoms with E-state index in [-0.39, 0.29) is 5.91 Å². The molecule has 1 aliphatic heterocycles. The highest BCUT2D eigenvalue weighted by Gasteiger charge is 2.16. The van der Waals surface area contributed by atoms with Crippen LogP contribution in [-0.4, -0.2) is 30.4 Å². The summed E-state index contributed by atoms with van der Waals surface area (Å²) in [7, 11) is 0. The van der Waals surface area contributed by atoms with Crippen LogP contribution in [0.5, 0.6) is 0 Å². The summed E-state index contributed by atoms with van der Waals surface area (Å²) in [5, 5.41) is 3.29. The van der Waals surface area contributed by atoms with E-state index in [4.69, 9.17) is 0 Å². The summed E-state index contributed by atoms with van der Waals surface area (Å²) >= 11 is 0. The van der Waals surface area contributed by atoms with Crippen molar-refractivity contribution in [3.8, 4) is 0 Å². The number of nitrogens with zero attached hydrogens (tertiary/aromatic N) is 1. The zero-order chi connectivity index (χ0) is 12.1. The molecule has 0 spiro atoms. The number of benzene rings is 1. The van der Waals surface area contributed by atoms with E-state index in [9.17, 15) is 4.79 Å². The maximum absolute atomic E-state index is 11.8. The highest BCUT2D eigenvalue weighted by Crippen LogP contribution is 2.11. The molecule has 1 N–H and O–H groups in total. The molecule has 1 saturated heterocycles. The molecule has 1 amide bonds. The van der Waals surface area contributed by atoms with E-state index >= 15 is 0 Å². The molecule has 0 atom stereocenters. The molecule has 1 heterocycles. The number of likely N-dealkylation sites (tertiary alicyclic amines) is 1. The monoisotopic (exact) mass is 232 g/mol. The van der Waals surface area contributed by atoms with E-state index in [1.807, 2.05) is 17.0 Å². The smallest absolute Gasteiger partial charge is 0.224 e. The maximum atomic E-state index is 11.8. The molecular formula is C14H20N2O. The molecule has 0 aliphatic carbocycles. The van der Waals surface area contributed by atoms with Crippen molar-refractivity contribution >= 4 is 11.6 Å². The van der Waals surface area contributed by atoms with Gasteiger partial charge in [-0.25, -0.2) is 0 Å². The Morgan fingerprint density at radius 2 is 2.12 bits per heavy atom. The van der Waals surface area contributed by atoms with Crippen molar-refractivity contribution in [3.63, 3.8) is 0 Å². The molecule has 2 rings (SSSR count). The van der Waals surface area contributed by atoms with Crippen molar-refractivity contribution in [1.82, 2.24) is 4.90 Å². The Bertz CT molecular complexity index is 384. The van der Waals surface area contributed by atoms with Crippen molar-refractivity contribution < 1.29 is 4.79 Å². The number of carbonyl (C=O) groups excluding carboxylic acids is 1. The van der Waals surface area contributed by atoms with E-state index in [1.165, 1.54) is 5.56 Å². The van der Waals surface area contributed by atoms with Crippen LogP contribution in [0, 0.1) is 6.92 Å². The van der Waals surface area contributed by atoms with Gasteiger partial charge in [0, 0.05) is 31.7 Å². The highest BCUT2D eigenvalue weighted by molar-refractivity contribution is 5.77. The predicted octanol–water partition coefficient (Wildman–Crippen LogP) is 2.42. The molecule has 1 fully saturated rings. The molecule has 0 radical (unpaired) electrons. The lowest BCUT2D eigenvalue weighted by molar-refractivity contribution is -0.129. The molecule has 1 aromatic rings. The van der Waals surface area contributed by atoms with Gasteiger partial charge in [-0.3, -0.25) is 4.79 Å². The molecule has 1 aliphatic rings. The van der Waals surface area contributed by atoms with Crippen LogP contribution in [0.25, 0.3) is 0 Å². The minimum atomic E-state index is 0.280. The van der Waals surface area contributed by atoms with E-state index in [0.717, 1.165) is 38.2 Å². The van der Waals surface area contributed by atoms with Crippen LogP contribution in [0.4, 0.5) is 5.69 Å². The second-order valence-electron chi connectivity index (χ2n) is 4.63. The topological polar surface area (TPSA) is 32.3 Å². The first-order chi connectivity index (χ1) is 8.25. The lowest BCUT2D eigenvalue weighted by atomic mass is 10.2. The Balaban J connectivity index is 1.73. The molecule has 17 heavy (non-hydrogen) atoms. The minimum absolute atomic E-state index is 0.280. The fourth-order valence-electron chi connectivity index (χ4n) is 2.19. The minimum Gasteiger partial charge on any atom is -0.385 e. The summed E-state index contributed by atoms with van der Waals surface area (Å²) in [4.78, 5) is 13.8. The Kier molecular flexibility index (Phi) is 4.02. The molecular weight excluding hydrogens is 212 g/mol. The number of amides is 1. The maximum Gasteiger partial charge on any atom is 0.224 e. The van der Waals surface area contributed by atoms with Crippen LogP contribution >= 0.6 is 0 Å². The molecule has 3 nitrogen and oxygen atoms in total. The van der Waals surface area contributed by atoms with Crippen LogP contribution < -0.4 is 5.32 Å². The van der Waals surface area contributed by atoms with Gasteiger partial charge in [0.2, 0.25) is 5.91 Å². The molecule has 0 aromatic heterocycles. The van der Waals surface area contributed by atoms with Crippen LogP contribution in [-0.2, 0) is 4.79 Å².